The Bertz CT molecular complexity index is 338. The summed E-state index contributed by atoms with van der Waals surface area (Å²) in [5.74, 6) is 0. The largest absolute Gasteiger partial charge is 0.311 e. The maximum absolute atomic E-state index is 5.93. The van der Waals surface area contributed by atoms with E-state index in [0.717, 1.165) is 17.7 Å². The highest BCUT2D eigenvalue weighted by Crippen LogP contribution is 2.24. The highest BCUT2D eigenvalue weighted by Gasteiger charge is 2.22. The second-order valence-electron chi connectivity index (χ2n) is 3.72. The lowest BCUT2D eigenvalue weighted by Crippen LogP contribution is -2.49. The first kappa shape index (κ1) is 11.3. The van der Waals surface area contributed by atoms with E-state index in [2.05, 4.69) is 38.5 Å². The van der Waals surface area contributed by atoms with Crippen LogP contribution in [0.15, 0.2) is 16.7 Å². The molecular weight excluding hydrogens is 277 g/mol. The Morgan fingerprint density at radius 3 is 2.80 bits per heavy atom. The van der Waals surface area contributed by atoms with Gasteiger partial charge >= 0.3 is 0 Å². The molecule has 15 heavy (non-hydrogen) atoms. The molecule has 1 aromatic rings. The molecule has 0 spiro atoms. The van der Waals surface area contributed by atoms with Crippen molar-refractivity contribution in [1.82, 2.24) is 15.6 Å². The fourth-order valence-electron chi connectivity index (χ4n) is 1.89. The van der Waals surface area contributed by atoms with Gasteiger partial charge in [0.05, 0.1) is 0 Å². The van der Waals surface area contributed by atoms with E-state index in [1.807, 2.05) is 12.1 Å². The van der Waals surface area contributed by atoms with Crippen molar-refractivity contribution in [3.63, 3.8) is 0 Å². The van der Waals surface area contributed by atoms with Crippen molar-refractivity contribution in [2.24, 2.45) is 0 Å². The van der Waals surface area contributed by atoms with Crippen molar-refractivity contribution in [1.29, 1.82) is 0 Å². The van der Waals surface area contributed by atoms with Gasteiger partial charge in [-0.3, -0.25) is 0 Å². The van der Waals surface area contributed by atoms with Gasteiger partial charge < -0.3 is 10.6 Å². The van der Waals surface area contributed by atoms with E-state index >= 15 is 0 Å². The van der Waals surface area contributed by atoms with Crippen molar-refractivity contribution in [3.8, 4) is 0 Å². The molecule has 1 fully saturated rings. The number of aromatic nitrogens is 1. The summed E-state index contributed by atoms with van der Waals surface area (Å²) in [6, 6.07) is 4.63. The SMILES string of the molecule is C[C@@H]1NCCN[C@@H]1c1cc(Cl)nc(Br)c1. The highest BCUT2D eigenvalue weighted by atomic mass is 79.9. The van der Waals surface area contributed by atoms with Gasteiger partial charge in [-0.2, -0.15) is 0 Å². The Hall–Kier alpha value is -0.160. The Morgan fingerprint density at radius 1 is 1.40 bits per heavy atom. The lowest BCUT2D eigenvalue weighted by molar-refractivity contribution is 0.345. The molecule has 0 bridgehead atoms. The molecule has 2 heterocycles. The molecule has 0 aliphatic carbocycles. The van der Waals surface area contributed by atoms with E-state index < -0.39 is 0 Å². The number of nitrogens with zero attached hydrogens (tertiary/aromatic N) is 1. The summed E-state index contributed by atoms with van der Waals surface area (Å²) < 4.78 is 0.782. The maximum Gasteiger partial charge on any atom is 0.130 e. The molecule has 0 amide bonds. The van der Waals surface area contributed by atoms with Gasteiger partial charge in [0, 0.05) is 25.2 Å². The quantitative estimate of drug-likeness (QED) is 0.778. The van der Waals surface area contributed by atoms with Gasteiger partial charge in [0.2, 0.25) is 0 Å². The summed E-state index contributed by atoms with van der Waals surface area (Å²) in [6.45, 7) is 4.16. The molecule has 5 heteroatoms. The molecule has 0 unspecified atom stereocenters. The van der Waals surface area contributed by atoms with Gasteiger partial charge in [-0.15, -0.1) is 0 Å². The number of nitrogens with one attached hydrogen (secondary N) is 2. The number of halogens is 2. The second kappa shape index (κ2) is 4.78. The van der Waals surface area contributed by atoms with Crippen molar-refractivity contribution in [3.05, 3.63) is 27.5 Å². The normalized spacial score (nSPS) is 26.6. The monoisotopic (exact) mass is 289 g/mol. The number of hydrogen-bond donors (Lipinski definition) is 2. The van der Waals surface area contributed by atoms with Gasteiger partial charge in [0.15, 0.2) is 0 Å². The zero-order chi connectivity index (χ0) is 10.8. The zero-order valence-electron chi connectivity index (χ0n) is 8.43. The first-order chi connectivity index (χ1) is 7.16. The van der Waals surface area contributed by atoms with Crippen LogP contribution in [-0.2, 0) is 0 Å². The molecule has 0 radical (unpaired) electrons. The standard InChI is InChI=1S/C10H13BrClN3/c1-6-10(14-3-2-13-6)7-4-8(11)15-9(12)5-7/h4-6,10,13-14H,2-3H2,1H3/t6-,10-/m0/s1. The number of pyridine rings is 1. The van der Waals surface area contributed by atoms with Gasteiger partial charge in [-0.05, 0) is 40.5 Å². The fraction of sp³-hybridized carbons (Fsp3) is 0.500. The Morgan fingerprint density at radius 2 is 2.13 bits per heavy atom. The van der Waals surface area contributed by atoms with Crippen LogP contribution in [-0.4, -0.2) is 24.1 Å². The number of piperazine rings is 1. The first-order valence-electron chi connectivity index (χ1n) is 4.96. The Labute approximate surface area is 103 Å². The fourth-order valence-corrected chi connectivity index (χ4v) is 2.67. The molecule has 2 rings (SSSR count). The van der Waals surface area contributed by atoms with Crippen molar-refractivity contribution < 1.29 is 0 Å². The third kappa shape index (κ3) is 2.69. The molecule has 1 aliphatic rings. The average molecular weight is 291 g/mol. The molecule has 0 saturated carbocycles. The van der Waals surface area contributed by atoms with Gasteiger partial charge in [-0.25, -0.2) is 4.98 Å². The van der Waals surface area contributed by atoms with Crippen LogP contribution in [0, 0.1) is 0 Å². The Balaban J connectivity index is 2.27. The van der Waals surface area contributed by atoms with E-state index in [0.29, 0.717) is 17.2 Å². The molecule has 1 saturated heterocycles. The smallest absolute Gasteiger partial charge is 0.130 e. The summed E-state index contributed by atoms with van der Waals surface area (Å²) in [7, 11) is 0. The predicted molar refractivity (Wildman–Crippen MR) is 65.2 cm³/mol. The lowest BCUT2D eigenvalue weighted by atomic mass is 10.00. The molecule has 2 N–H and O–H groups in total. The lowest BCUT2D eigenvalue weighted by Gasteiger charge is -2.31. The first-order valence-corrected chi connectivity index (χ1v) is 6.13. The minimum atomic E-state index is 0.301. The highest BCUT2D eigenvalue weighted by molar-refractivity contribution is 9.10. The van der Waals surface area contributed by atoms with Crippen LogP contribution in [0.2, 0.25) is 5.15 Å². The van der Waals surface area contributed by atoms with Crippen LogP contribution in [0.25, 0.3) is 0 Å². The summed E-state index contributed by atoms with van der Waals surface area (Å²) in [5.41, 5.74) is 1.17. The minimum Gasteiger partial charge on any atom is -0.311 e. The van der Waals surface area contributed by atoms with Crippen LogP contribution < -0.4 is 10.6 Å². The second-order valence-corrected chi connectivity index (χ2v) is 4.92. The van der Waals surface area contributed by atoms with Crippen LogP contribution in [0.4, 0.5) is 0 Å². The van der Waals surface area contributed by atoms with Crippen LogP contribution in [0.1, 0.15) is 18.5 Å². The third-order valence-corrected chi connectivity index (χ3v) is 3.20. The summed E-state index contributed by atoms with van der Waals surface area (Å²) in [5, 5.41) is 7.42. The molecule has 1 aliphatic heterocycles. The molecule has 0 aromatic carbocycles. The van der Waals surface area contributed by atoms with E-state index in [9.17, 15) is 0 Å². The molecule has 1 aromatic heterocycles. The number of rotatable bonds is 1. The topological polar surface area (TPSA) is 37.0 Å². The Kier molecular flexibility index (Phi) is 3.61. The van der Waals surface area contributed by atoms with E-state index in [4.69, 9.17) is 11.6 Å². The number of hydrogen-bond acceptors (Lipinski definition) is 3. The van der Waals surface area contributed by atoms with E-state index in [-0.39, 0.29) is 0 Å². The molecule has 2 atom stereocenters. The van der Waals surface area contributed by atoms with Crippen molar-refractivity contribution in [2.45, 2.75) is 19.0 Å². The van der Waals surface area contributed by atoms with Crippen LogP contribution in [0.3, 0.4) is 0 Å². The summed E-state index contributed by atoms with van der Waals surface area (Å²) >= 11 is 9.28. The maximum atomic E-state index is 5.93. The van der Waals surface area contributed by atoms with Crippen LogP contribution in [0.5, 0.6) is 0 Å². The van der Waals surface area contributed by atoms with Gasteiger partial charge in [0.1, 0.15) is 9.76 Å². The molecular formula is C10H13BrClN3. The molecule has 3 nitrogen and oxygen atoms in total. The van der Waals surface area contributed by atoms with Gasteiger partial charge in [0.25, 0.3) is 0 Å². The van der Waals surface area contributed by atoms with Gasteiger partial charge in [-0.1, -0.05) is 11.6 Å². The average Bonchev–Trinajstić information content (AvgIpc) is 2.16. The summed E-state index contributed by atoms with van der Waals surface area (Å²) in [4.78, 5) is 4.09. The third-order valence-electron chi connectivity index (χ3n) is 2.60. The molecule has 82 valence electrons. The van der Waals surface area contributed by atoms with Crippen LogP contribution >= 0.6 is 27.5 Å². The van der Waals surface area contributed by atoms with Crippen molar-refractivity contribution in [2.75, 3.05) is 13.1 Å². The van der Waals surface area contributed by atoms with Crippen molar-refractivity contribution >= 4 is 27.5 Å². The van der Waals surface area contributed by atoms with E-state index in [1.54, 1.807) is 0 Å². The summed E-state index contributed by atoms with van der Waals surface area (Å²) in [6.07, 6.45) is 0. The predicted octanol–water partition coefficient (Wildman–Crippen LogP) is 2.12. The minimum absolute atomic E-state index is 0.301. The van der Waals surface area contributed by atoms with E-state index in [1.165, 1.54) is 5.56 Å². The zero-order valence-corrected chi connectivity index (χ0v) is 10.8.